The van der Waals surface area contributed by atoms with Crippen LogP contribution < -0.4 is 16.4 Å². The van der Waals surface area contributed by atoms with Crippen molar-refractivity contribution in [2.24, 2.45) is 5.73 Å². The van der Waals surface area contributed by atoms with E-state index in [9.17, 15) is 9.59 Å². The molecule has 0 aromatic rings. The fraction of sp³-hybridized carbons (Fsp3) is 0.818. The molecule has 0 aromatic heterocycles. The lowest BCUT2D eigenvalue weighted by Crippen LogP contribution is -2.48. The van der Waals surface area contributed by atoms with Gasteiger partial charge in [0.25, 0.3) is 0 Å². The van der Waals surface area contributed by atoms with Gasteiger partial charge in [0.15, 0.2) is 0 Å². The van der Waals surface area contributed by atoms with Crippen molar-refractivity contribution in [1.29, 1.82) is 0 Å². The molecular weight excluding hydrogens is 206 g/mol. The Morgan fingerprint density at radius 2 is 1.94 bits per heavy atom. The van der Waals surface area contributed by atoms with Crippen molar-refractivity contribution in [2.45, 2.75) is 57.7 Å². The molecule has 0 aromatic carbocycles. The van der Waals surface area contributed by atoms with Crippen LogP contribution in [0.4, 0.5) is 0 Å². The van der Waals surface area contributed by atoms with Gasteiger partial charge in [0, 0.05) is 11.6 Å². The minimum absolute atomic E-state index is 0.114. The van der Waals surface area contributed by atoms with Gasteiger partial charge in [-0.2, -0.15) is 0 Å². The van der Waals surface area contributed by atoms with Gasteiger partial charge in [-0.25, -0.2) is 0 Å². The SMILES string of the molecule is CC(C)(C)NC(=O)CC(NC1CC1)C(N)=O. The number of primary amides is 1. The summed E-state index contributed by atoms with van der Waals surface area (Å²) in [5, 5.41) is 5.88. The minimum atomic E-state index is -0.546. The first-order valence-corrected chi connectivity index (χ1v) is 5.64. The van der Waals surface area contributed by atoms with E-state index in [1.807, 2.05) is 20.8 Å². The van der Waals surface area contributed by atoms with Gasteiger partial charge < -0.3 is 16.4 Å². The lowest BCUT2D eigenvalue weighted by molar-refractivity contribution is -0.127. The average Bonchev–Trinajstić information content (AvgIpc) is 2.82. The summed E-state index contributed by atoms with van der Waals surface area (Å²) in [5.41, 5.74) is 4.96. The topological polar surface area (TPSA) is 84.2 Å². The first-order chi connectivity index (χ1) is 7.28. The highest BCUT2D eigenvalue weighted by Gasteiger charge is 2.29. The Labute approximate surface area is 96.1 Å². The summed E-state index contributed by atoms with van der Waals surface area (Å²) >= 11 is 0. The summed E-state index contributed by atoms with van der Waals surface area (Å²) in [6, 6.07) is -0.185. The molecule has 1 unspecified atom stereocenters. The van der Waals surface area contributed by atoms with Gasteiger partial charge >= 0.3 is 0 Å². The normalized spacial score (nSPS) is 17.9. The van der Waals surface area contributed by atoms with Crippen molar-refractivity contribution in [1.82, 2.24) is 10.6 Å². The van der Waals surface area contributed by atoms with Crippen molar-refractivity contribution in [3.05, 3.63) is 0 Å². The Bertz CT molecular complexity index is 279. The third-order valence-electron chi connectivity index (χ3n) is 2.26. The van der Waals surface area contributed by atoms with E-state index in [0.29, 0.717) is 6.04 Å². The molecular formula is C11H21N3O2. The first-order valence-electron chi connectivity index (χ1n) is 5.64. The summed E-state index contributed by atoms with van der Waals surface area (Å²) in [6.07, 6.45) is 2.23. The lowest BCUT2D eigenvalue weighted by atomic mass is 10.1. The highest BCUT2D eigenvalue weighted by Crippen LogP contribution is 2.19. The molecule has 1 fully saturated rings. The molecule has 1 saturated carbocycles. The molecule has 1 atom stereocenters. The standard InChI is InChI=1S/C11H21N3O2/c1-11(2,3)14-9(15)6-8(10(12)16)13-7-4-5-7/h7-8,13H,4-6H2,1-3H3,(H2,12,16)(H,14,15). The highest BCUT2D eigenvalue weighted by atomic mass is 16.2. The molecule has 1 aliphatic rings. The Morgan fingerprint density at radius 1 is 1.38 bits per heavy atom. The highest BCUT2D eigenvalue weighted by molar-refractivity contribution is 5.87. The van der Waals surface area contributed by atoms with E-state index >= 15 is 0 Å². The number of hydrogen-bond donors (Lipinski definition) is 3. The van der Waals surface area contributed by atoms with E-state index in [-0.39, 0.29) is 17.9 Å². The molecule has 92 valence electrons. The predicted octanol–water partition coefficient (Wildman–Crippen LogP) is -0.103. The smallest absolute Gasteiger partial charge is 0.235 e. The van der Waals surface area contributed by atoms with E-state index in [4.69, 9.17) is 5.73 Å². The fourth-order valence-electron chi connectivity index (χ4n) is 1.43. The van der Waals surface area contributed by atoms with Gasteiger partial charge in [-0.3, -0.25) is 9.59 Å². The third-order valence-corrected chi connectivity index (χ3v) is 2.26. The number of nitrogens with two attached hydrogens (primary N) is 1. The summed E-state index contributed by atoms with van der Waals surface area (Å²) in [4.78, 5) is 22.8. The Hall–Kier alpha value is -1.10. The zero-order valence-corrected chi connectivity index (χ0v) is 10.2. The average molecular weight is 227 g/mol. The van der Waals surface area contributed by atoms with Crippen LogP contribution in [0, 0.1) is 0 Å². The zero-order valence-electron chi connectivity index (χ0n) is 10.2. The van der Waals surface area contributed by atoms with Crippen LogP contribution in [0.3, 0.4) is 0 Å². The van der Waals surface area contributed by atoms with Gasteiger partial charge in [-0.1, -0.05) is 0 Å². The van der Waals surface area contributed by atoms with Crippen LogP contribution in [-0.4, -0.2) is 29.4 Å². The van der Waals surface area contributed by atoms with Gasteiger partial charge in [0.2, 0.25) is 11.8 Å². The van der Waals surface area contributed by atoms with Gasteiger partial charge in [0.05, 0.1) is 12.5 Å². The molecule has 0 heterocycles. The summed E-state index contributed by atoms with van der Waals surface area (Å²) in [5.74, 6) is -0.611. The summed E-state index contributed by atoms with van der Waals surface area (Å²) in [7, 11) is 0. The maximum atomic E-state index is 11.6. The molecule has 4 N–H and O–H groups in total. The second-order valence-corrected chi connectivity index (χ2v) is 5.40. The number of amides is 2. The van der Waals surface area contributed by atoms with Crippen LogP contribution in [0.1, 0.15) is 40.0 Å². The van der Waals surface area contributed by atoms with Crippen LogP contribution in [-0.2, 0) is 9.59 Å². The molecule has 5 nitrogen and oxygen atoms in total. The van der Waals surface area contributed by atoms with E-state index in [1.54, 1.807) is 0 Å². The molecule has 0 saturated heterocycles. The number of rotatable bonds is 5. The van der Waals surface area contributed by atoms with Crippen molar-refractivity contribution < 1.29 is 9.59 Å². The molecule has 1 aliphatic carbocycles. The van der Waals surface area contributed by atoms with Crippen LogP contribution in [0.15, 0.2) is 0 Å². The van der Waals surface area contributed by atoms with Crippen molar-refractivity contribution in [2.75, 3.05) is 0 Å². The molecule has 0 bridgehead atoms. The van der Waals surface area contributed by atoms with E-state index in [2.05, 4.69) is 10.6 Å². The summed E-state index contributed by atoms with van der Waals surface area (Å²) in [6.45, 7) is 5.70. The maximum Gasteiger partial charge on any atom is 0.235 e. The Morgan fingerprint density at radius 3 is 2.31 bits per heavy atom. The zero-order chi connectivity index (χ0) is 12.3. The number of nitrogens with one attached hydrogen (secondary N) is 2. The van der Waals surface area contributed by atoms with Crippen LogP contribution >= 0.6 is 0 Å². The fourth-order valence-corrected chi connectivity index (χ4v) is 1.43. The molecule has 0 aliphatic heterocycles. The van der Waals surface area contributed by atoms with Crippen molar-refractivity contribution in [3.8, 4) is 0 Å². The van der Waals surface area contributed by atoms with Gasteiger partial charge in [-0.05, 0) is 33.6 Å². The van der Waals surface area contributed by atoms with Gasteiger partial charge in [-0.15, -0.1) is 0 Å². The monoisotopic (exact) mass is 227 g/mol. The molecule has 0 spiro atoms. The van der Waals surface area contributed by atoms with Gasteiger partial charge in [0.1, 0.15) is 0 Å². The molecule has 1 rings (SSSR count). The Kier molecular flexibility index (Phi) is 3.91. The molecule has 0 radical (unpaired) electrons. The lowest BCUT2D eigenvalue weighted by Gasteiger charge is -2.22. The molecule has 2 amide bonds. The quantitative estimate of drug-likeness (QED) is 0.613. The number of carbonyl (C=O) groups excluding carboxylic acids is 2. The largest absolute Gasteiger partial charge is 0.368 e. The van der Waals surface area contributed by atoms with Crippen LogP contribution in [0.2, 0.25) is 0 Å². The van der Waals surface area contributed by atoms with Crippen molar-refractivity contribution in [3.63, 3.8) is 0 Å². The van der Waals surface area contributed by atoms with Crippen LogP contribution in [0.25, 0.3) is 0 Å². The van der Waals surface area contributed by atoms with E-state index < -0.39 is 11.9 Å². The van der Waals surface area contributed by atoms with E-state index in [0.717, 1.165) is 12.8 Å². The molecule has 16 heavy (non-hydrogen) atoms. The third kappa shape index (κ3) is 5.11. The predicted molar refractivity (Wildman–Crippen MR) is 61.7 cm³/mol. The minimum Gasteiger partial charge on any atom is -0.368 e. The van der Waals surface area contributed by atoms with E-state index in [1.165, 1.54) is 0 Å². The number of carbonyl (C=O) groups is 2. The second-order valence-electron chi connectivity index (χ2n) is 5.40. The first kappa shape index (κ1) is 13.0. The summed E-state index contributed by atoms with van der Waals surface area (Å²) < 4.78 is 0. The Balaban J connectivity index is 2.41. The number of hydrogen-bond acceptors (Lipinski definition) is 3. The molecule has 5 heteroatoms. The van der Waals surface area contributed by atoms with Crippen LogP contribution in [0.5, 0.6) is 0 Å². The van der Waals surface area contributed by atoms with Crippen molar-refractivity contribution >= 4 is 11.8 Å². The maximum absolute atomic E-state index is 11.6. The second kappa shape index (κ2) is 4.82.